The molecule has 1 amide bonds. The molecule has 2 aromatic carbocycles. The number of anilines is 1. The van der Waals surface area contributed by atoms with Crippen LogP contribution in [-0.4, -0.2) is 5.91 Å². The van der Waals surface area contributed by atoms with Crippen molar-refractivity contribution < 1.29 is 4.79 Å². The van der Waals surface area contributed by atoms with Gasteiger partial charge in [0.05, 0.1) is 0 Å². The van der Waals surface area contributed by atoms with Crippen LogP contribution in [0.2, 0.25) is 0 Å². The molecule has 0 saturated heterocycles. The van der Waals surface area contributed by atoms with Crippen LogP contribution in [0.1, 0.15) is 41.5 Å². The summed E-state index contributed by atoms with van der Waals surface area (Å²) in [6.07, 6.45) is 3.52. The molecule has 0 radical (unpaired) electrons. The van der Waals surface area contributed by atoms with Crippen molar-refractivity contribution in [3.8, 4) is 0 Å². The van der Waals surface area contributed by atoms with Gasteiger partial charge in [-0.1, -0.05) is 49.4 Å². The summed E-state index contributed by atoms with van der Waals surface area (Å²) in [6.45, 7) is 2.23. The third kappa shape index (κ3) is 3.49. The van der Waals surface area contributed by atoms with E-state index in [0.29, 0.717) is 12.3 Å². The van der Waals surface area contributed by atoms with E-state index in [1.165, 1.54) is 27.8 Å². The number of hydrogen-bond donors (Lipinski definition) is 1. The number of rotatable bonds is 5. The molecule has 1 unspecified atom stereocenters. The van der Waals surface area contributed by atoms with E-state index in [9.17, 15) is 4.79 Å². The fourth-order valence-electron chi connectivity index (χ4n) is 3.51. The fraction of sp³-hybridized carbons (Fsp3) is 0.174. The first-order valence-electron chi connectivity index (χ1n) is 8.92. The Labute approximate surface area is 158 Å². The average molecular weight is 359 g/mol. The van der Waals surface area contributed by atoms with Gasteiger partial charge in [0, 0.05) is 18.0 Å². The second kappa shape index (κ2) is 7.30. The second-order valence-electron chi connectivity index (χ2n) is 6.71. The summed E-state index contributed by atoms with van der Waals surface area (Å²) in [5.74, 6) is 0.409. The van der Waals surface area contributed by atoms with Gasteiger partial charge in [-0.15, -0.1) is 0 Å². The van der Waals surface area contributed by atoms with E-state index in [4.69, 9.17) is 0 Å². The molecule has 26 heavy (non-hydrogen) atoms. The van der Waals surface area contributed by atoms with Crippen molar-refractivity contribution in [1.82, 2.24) is 0 Å². The Balaban J connectivity index is 1.43. The lowest BCUT2D eigenvalue weighted by Crippen LogP contribution is -2.12. The molecule has 1 aromatic heterocycles. The number of allylic oxidation sites excluding steroid dienone is 1. The molecule has 1 atom stereocenters. The van der Waals surface area contributed by atoms with Gasteiger partial charge < -0.3 is 5.32 Å². The third-order valence-electron chi connectivity index (χ3n) is 4.95. The summed E-state index contributed by atoms with van der Waals surface area (Å²) in [6, 6.07) is 18.5. The molecule has 3 aromatic rings. The van der Waals surface area contributed by atoms with Gasteiger partial charge in [0.15, 0.2) is 0 Å². The van der Waals surface area contributed by atoms with E-state index >= 15 is 0 Å². The maximum Gasteiger partial charge on any atom is 0.224 e. The van der Waals surface area contributed by atoms with Crippen LogP contribution in [0.5, 0.6) is 0 Å². The minimum atomic E-state index is 0.0606. The lowest BCUT2D eigenvalue weighted by molar-refractivity contribution is -0.116. The van der Waals surface area contributed by atoms with Crippen molar-refractivity contribution in [2.24, 2.45) is 0 Å². The first kappa shape index (κ1) is 16.8. The van der Waals surface area contributed by atoms with E-state index < -0.39 is 0 Å². The summed E-state index contributed by atoms with van der Waals surface area (Å²) in [4.78, 5) is 12.3. The molecule has 0 spiro atoms. The molecule has 0 fully saturated rings. The number of hydrogen-bond acceptors (Lipinski definition) is 2. The van der Waals surface area contributed by atoms with Crippen LogP contribution in [0, 0.1) is 0 Å². The first-order chi connectivity index (χ1) is 12.7. The van der Waals surface area contributed by atoms with Crippen LogP contribution >= 0.6 is 11.3 Å². The molecular weight excluding hydrogens is 338 g/mol. The second-order valence-corrected chi connectivity index (χ2v) is 7.49. The van der Waals surface area contributed by atoms with Gasteiger partial charge in [-0.05, 0) is 63.2 Å². The SMILES string of the molecule is CC1C(c2ccsc2)=Cc2ccc(NC(=O)CCc3ccccc3)cc21. The van der Waals surface area contributed by atoms with Crippen molar-refractivity contribution in [2.45, 2.75) is 25.7 Å². The van der Waals surface area contributed by atoms with E-state index in [2.05, 4.69) is 59.4 Å². The van der Waals surface area contributed by atoms with Crippen LogP contribution < -0.4 is 5.32 Å². The van der Waals surface area contributed by atoms with Gasteiger partial charge in [0.1, 0.15) is 0 Å². The summed E-state index contributed by atoms with van der Waals surface area (Å²) in [5, 5.41) is 7.36. The van der Waals surface area contributed by atoms with Crippen LogP contribution in [0.15, 0.2) is 65.4 Å². The quantitative estimate of drug-likeness (QED) is 0.597. The van der Waals surface area contributed by atoms with Gasteiger partial charge in [0.2, 0.25) is 5.91 Å². The summed E-state index contributed by atoms with van der Waals surface area (Å²) in [7, 11) is 0. The molecule has 2 nitrogen and oxygen atoms in total. The molecule has 4 rings (SSSR count). The number of benzene rings is 2. The normalized spacial score (nSPS) is 15.4. The highest BCUT2D eigenvalue weighted by molar-refractivity contribution is 7.08. The molecular formula is C23H21NOS. The Bertz CT molecular complexity index is 942. The van der Waals surface area contributed by atoms with Gasteiger partial charge in [-0.2, -0.15) is 11.3 Å². The number of carbonyl (C=O) groups is 1. The molecule has 3 heteroatoms. The molecule has 1 aliphatic rings. The van der Waals surface area contributed by atoms with E-state index in [1.54, 1.807) is 11.3 Å². The van der Waals surface area contributed by atoms with Crippen LogP contribution in [-0.2, 0) is 11.2 Å². The number of fused-ring (bicyclic) bond motifs is 1. The highest BCUT2D eigenvalue weighted by Gasteiger charge is 2.23. The van der Waals surface area contributed by atoms with Crippen molar-refractivity contribution >= 4 is 34.6 Å². The van der Waals surface area contributed by atoms with E-state index in [-0.39, 0.29) is 5.91 Å². The van der Waals surface area contributed by atoms with Gasteiger partial charge in [0.25, 0.3) is 0 Å². The summed E-state index contributed by atoms with van der Waals surface area (Å²) in [5.41, 5.74) is 7.26. The maximum atomic E-state index is 12.3. The van der Waals surface area contributed by atoms with Crippen molar-refractivity contribution in [3.05, 3.63) is 87.6 Å². The minimum Gasteiger partial charge on any atom is -0.326 e. The maximum absolute atomic E-state index is 12.3. The molecule has 130 valence electrons. The van der Waals surface area contributed by atoms with Crippen LogP contribution in [0.3, 0.4) is 0 Å². The Hall–Kier alpha value is -2.65. The standard InChI is InChI=1S/C23H21NOS/c1-16-21(19-11-12-26-15-19)13-18-8-9-20(14-22(16)18)24-23(25)10-7-17-5-3-2-4-6-17/h2-6,8-9,11-16H,7,10H2,1H3,(H,24,25). The smallest absolute Gasteiger partial charge is 0.224 e. The van der Waals surface area contributed by atoms with E-state index in [1.807, 2.05) is 24.3 Å². The number of carbonyl (C=O) groups excluding carboxylic acids is 1. The average Bonchev–Trinajstić information content (AvgIpc) is 3.29. The third-order valence-corrected chi connectivity index (χ3v) is 5.64. The number of nitrogens with one attached hydrogen (secondary N) is 1. The highest BCUT2D eigenvalue weighted by atomic mass is 32.1. The van der Waals surface area contributed by atoms with Crippen molar-refractivity contribution in [3.63, 3.8) is 0 Å². The Morgan fingerprint density at radius 2 is 1.96 bits per heavy atom. The van der Waals surface area contributed by atoms with Gasteiger partial charge in [-0.3, -0.25) is 4.79 Å². The first-order valence-corrected chi connectivity index (χ1v) is 9.87. The van der Waals surface area contributed by atoms with Crippen molar-refractivity contribution in [2.75, 3.05) is 5.32 Å². The fourth-order valence-corrected chi connectivity index (χ4v) is 4.17. The number of thiophene rings is 1. The van der Waals surface area contributed by atoms with Crippen LogP contribution in [0.4, 0.5) is 5.69 Å². The monoisotopic (exact) mass is 359 g/mol. The minimum absolute atomic E-state index is 0.0606. The summed E-state index contributed by atoms with van der Waals surface area (Å²) < 4.78 is 0. The zero-order valence-electron chi connectivity index (χ0n) is 14.7. The van der Waals surface area contributed by atoms with Gasteiger partial charge in [-0.25, -0.2) is 0 Å². The Kier molecular flexibility index (Phi) is 4.72. The van der Waals surface area contributed by atoms with Crippen molar-refractivity contribution in [1.29, 1.82) is 0 Å². The van der Waals surface area contributed by atoms with E-state index in [0.717, 1.165) is 12.1 Å². The predicted octanol–water partition coefficient (Wildman–Crippen LogP) is 5.98. The van der Waals surface area contributed by atoms with Gasteiger partial charge >= 0.3 is 0 Å². The lowest BCUT2D eigenvalue weighted by atomic mass is 9.94. The zero-order chi connectivity index (χ0) is 17.9. The Morgan fingerprint density at radius 1 is 1.12 bits per heavy atom. The highest BCUT2D eigenvalue weighted by Crippen LogP contribution is 2.42. The largest absolute Gasteiger partial charge is 0.326 e. The molecule has 1 aliphatic carbocycles. The number of aryl methyl sites for hydroxylation is 1. The number of amides is 1. The summed E-state index contributed by atoms with van der Waals surface area (Å²) >= 11 is 1.72. The zero-order valence-corrected chi connectivity index (χ0v) is 15.6. The molecule has 0 aliphatic heterocycles. The molecule has 0 saturated carbocycles. The molecule has 0 bridgehead atoms. The lowest BCUT2D eigenvalue weighted by Gasteiger charge is -2.12. The Morgan fingerprint density at radius 3 is 2.73 bits per heavy atom. The molecule has 1 heterocycles. The predicted molar refractivity (Wildman–Crippen MR) is 110 cm³/mol. The molecule has 1 N–H and O–H groups in total. The topological polar surface area (TPSA) is 29.1 Å². The van der Waals surface area contributed by atoms with Crippen LogP contribution in [0.25, 0.3) is 11.6 Å².